The summed E-state index contributed by atoms with van der Waals surface area (Å²) in [5, 5.41) is 14.2. The summed E-state index contributed by atoms with van der Waals surface area (Å²) in [7, 11) is 0. The van der Waals surface area contributed by atoms with Crippen LogP contribution in [0.1, 0.15) is 51.1 Å². The first-order valence-electron chi connectivity index (χ1n) is 7.53. The molecule has 0 aliphatic heterocycles. The molecule has 21 heavy (non-hydrogen) atoms. The third-order valence-electron chi connectivity index (χ3n) is 3.29. The molecule has 0 amide bonds. The first-order chi connectivity index (χ1) is 9.85. The third kappa shape index (κ3) is 4.90. The lowest BCUT2D eigenvalue weighted by Crippen LogP contribution is -2.37. The highest BCUT2D eigenvalue weighted by atomic mass is 32.1. The maximum atomic E-state index is 4.32. The van der Waals surface area contributed by atoms with Gasteiger partial charge in [-0.3, -0.25) is 0 Å². The zero-order valence-corrected chi connectivity index (χ0v) is 14.4. The first kappa shape index (κ1) is 16.1. The smallest absolute Gasteiger partial charge is 0.147 e. The largest absolute Gasteiger partial charge is 0.312 e. The molecule has 0 atom stereocenters. The number of hydrogen-bond donors (Lipinski definition) is 1. The summed E-state index contributed by atoms with van der Waals surface area (Å²) in [6.45, 7) is 11.9. The Kier molecular flexibility index (Phi) is 5.12. The second-order valence-electron chi connectivity index (χ2n) is 6.70. The maximum absolute atomic E-state index is 4.32. The topological polar surface area (TPSA) is 37.8 Å². The van der Waals surface area contributed by atoms with Gasteiger partial charge in [0, 0.05) is 24.1 Å². The molecule has 0 saturated carbocycles. The molecule has 1 heterocycles. The molecule has 0 saturated heterocycles. The van der Waals surface area contributed by atoms with E-state index >= 15 is 0 Å². The van der Waals surface area contributed by atoms with Crippen molar-refractivity contribution in [1.82, 2.24) is 15.5 Å². The lowest BCUT2D eigenvalue weighted by molar-refractivity contribution is 0.429. The van der Waals surface area contributed by atoms with Crippen molar-refractivity contribution in [2.24, 2.45) is 0 Å². The van der Waals surface area contributed by atoms with E-state index in [-0.39, 0.29) is 5.54 Å². The molecule has 0 unspecified atom stereocenters. The Hall–Kier alpha value is -1.26. The summed E-state index contributed by atoms with van der Waals surface area (Å²) in [6, 6.07) is 8.66. The van der Waals surface area contributed by atoms with E-state index in [1.807, 2.05) is 0 Å². The molecule has 3 nitrogen and oxygen atoms in total. The summed E-state index contributed by atoms with van der Waals surface area (Å²) in [4.78, 5) is 0. The van der Waals surface area contributed by atoms with Gasteiger partial charge in [-0.2, -0.15) is 0 Å². The summed E-state index contributed by atoms with van der Waals surface area (Å²) in [5.74, 6) is 0.563. The first-order valence-corrected chi connectivity index (χ1v) is 8.34. The number of rotatable bonds is 5. The van der Waals surface area contributed by atoms with Gasteiger partial charge in [-0.1, -0.05) is 49.4 Å². The van der Waals surface area contributed by atoms with E-state index in [4.69, 9.17) is 0 Å². The molecule has 1 aromatic carbocycles. The molecule has 1 aromatic heterocycles. The van der Waals surface area contributed by atoms with Crippen LogP contribution in [0, 0.1) is 0 Å². The fraction of sp³-hybridized carbons (Fsp3) is 0.529. The Morgan fingerprint density at radius 1 is 1.10 bits per heavy atom. The number of nitrogens with zero attached hydrogens (tertiary/aromatic N) is 2. The molecular weight excluding hydrogens is 278 g/mol. The van der Waals surface area contributed by atoms with Crippen LogP contribution in [0.15, 0.2) is 24.3 Å². The SMILES string of the molecule is CC(C)c1ccc(-c2nnc(CCNC(C)(C)C)s2)cc1. The van der Waals surface area contributed by atoms with E-state index < -0.39 is 0 Å². The highest BCUT2D eigenvalue weighted by Gasteiger charge is 2.10. The van der Waals surface area contributed by atoms with Crippen LogP contribution >= 0.6 is 11.3 Å². The van der Waals surface area contributed by atoms with Gasteiger partial charge in [0.05, 0.1) is 0 Å². The lowest BCUT2D eigenvalue weighted by atomic mass is 10.0. The predicted molar refractivity (Wildman–Crippen MR) is 90.9 cm³/mol. The van der Waals surface area contributed by atoms with E-state index in [1.165, 1.54) is 5.56 Å². The molecule has 0 fully saturated rings. The van der Waals surface area contributed by atoms with Crippen LogP contribution in [0.3, 0.4) is 0 Å². The van der Waals surface area contributed by atoms with E-state index in [1.54, 1.807) is 11.3 Å². The number of nitrogens with one attached hydrogen (secondary N) is 1. The van der Waals surface area contributed by atoms with Gasteiger partial charge in [0.15, 0.2) is 0 Å². The van der Waals surface area contributed by atoms with Crippen molar-refractivity contribution in [2.75, 3.05) is 6.54 Å². The van der Waals surface area contributed by atoms with Gasteiger partial charge in [0.2, 0.25) is 0 Å². The van der Waals surface area contributed by atoms with Crippen molar-refractivity contribution >= 4 is 11.3 Å². The average molecular weight is 303 g/mol. The fourth-order valence-electron chi connectivity index (χ4n) is 2.03. The molecule has 4 heteroatoms. The Bertz CT molecular complexity index is 564. The maximum Gasteiger partial charge on any atom is 0.147 e. The minimum absolute atomic E-state index is 0.153. The second-order valence-corrected chi connectivity index (χ2v) is 7.77. The molecule has 0 spiro atoms. The average Bonchev–Trinajstić information content (AvgIpc) is 2.86. The van der Waals surface area contributed by atoms with Gasteiger partial charge in [-0.05, 0) is 32.3 Å². The van der Waals surface area contributed by atoms with Crippen molar-refractivity contribution in [1.29, 1.82) is 0 Å². The Morgan fingerprint density at radius 3 is 2.33 bits per heavy atom. The van der Waals surface area contributed by atoms with Gasteiger partial charge in [-0.25, -0.2) is 0 Å². The van der Waals surface area contributed by atoms with Gasteiger partial charge in [0.25, 0.3) is 0 Å². The van der Waals surface area contributed by atoms with E-state index in [0.29, 0.717) is 5.92 Å². The summed E-state index contributed by atoms with van der Waals surface area (Å²) < 4.78 is 0. The molecule has 0 aliphatic carbocycles. The van der Waals surface area contributed by atoms with E-state index in [2.05, 4.69) is 74.4 Å². The lowest BCUT2D eigenvalue weighted by Gasteiger charge is -2.19. The van der Waals surface area contributed by atoms with Gasteiger partial charge < -0.3 is 5.32 Å². The summed E-state index contributed by atoms with van der Waals surface area (Å²) in [6.07, 6.45) is 0.930. The Balaban J connectivity index is 1.99. The minimum Gasteiger partial charge on any atom is -0.312 e. The summed E-state index contributed by atoms with van der Waals surface area (Å²) >= 11 is 1.69. The standard InChI is InChI=1S/C17H25N3S/c1-12(2)13-6-8-14(9-7-13)16-20-19-15(21-16)10-11-18-17(3,4)5/h6-9,12,18H,10-11H2,1-5H3. The normalized spacial score (nSPS) is 12.1. The third-order valence-corrected chi connectivity index (χ3v) is 4.32. The van der Waals surface area contributed by atoms with E-state index in [9.17, 15) is 0 Å². The van der Waals surface area contributed by atoms with E-state index in [0.717, 1.165) is 28.5 Å². The van der Waals surface area contributed by atoms with Gasteiger partial charge >= 0.3 is 0 Å². The zero-order chi connectivity index (χ0) is 15.5. The van der Waals surface area contributed by atoms with Crippen LogP contribution in [-0.4, -0.2) is 22.3 Å². The number of aromatic nitrogens is 2. The van der Waals surface area contributed by atoms with Crippen molar-refractivity contribution in [3.05, 3.63) is 34.8 Å². The van der Waals surface area contributed by atoms with Crippen LogP contribution in [-0.2, 0) is 6.42 Å². The van der Waals surface area contributed by atoms with Crippen LogP contribution in [0.5, 0.6) is 0 Å². The molecule has 114 valence electrons. The number of hydrogen-bond acceptors (Lipinski definition) is 4. The highest BCUT2D eigenvalue weighted by molar-refractivity contribution is 7.14. The highest BCUT2D eigenvalue weighted by Crippen LogP contribution is 2.25. The van der Waals surface area contributed by atoms with Crippen LogP contribution in [0.25, 0.3) is 10.6 Å². The zero-order valence-electron chi connectivity index (χ0n) is 13.6. The predicted octanol–water partition coefficient (Wildman–Crippen LogP) is 4.26. The van der Waals surface area contributed by atoms with Crippen LogP contribution < -0.4 is 5.32 Å². The minimum atomic E-state index is 0.153. The van der Waals surface area contributed by atoms with Crippen LogP contribution in [0.4, 0.5) is 0 Å². The fourth-order valence-corrected chi connectivity index (χ4v) is 2.87. The monoisotopic (exact) mass is 303 g/mol. The second kappa shape index (κ2) is 6.67. The van der Waals surface area contributed by atoms with Crippen molar-refractivity contribution in [3.8, 4) is 10.6 Å². The molecule has 0 bridgehead atoms. The Labute approximate surface area is 131 Å². The Morgan fingerprint density at radius 2 is 1.76 bits per heavy atom. The van der Waals surface area contributed by atoms with Gasteiger partial charge in [0.1, 0.15) is 10.0 Å². The quantitative estimate of drug-likeness (QED) is 0.897. The van der Waals surface area contributed by atoms with Crippen molar-refractivity contribution < 1.29 is 0 Å². The molecule has 0 radical (unpaired) electrons. The van der Waals surface area contributed by atoms with Crippen molar-refractivity contribution in [2.45, 2.75) is 52.5 Å². The molecule has 2 aromatic rings. The molecule has 1 N–H and O–H groups in total. The van der Waals surface area contributed by atoms with Crippen LogP contribution in [0.2, 0.25) is 0 Å². The number of benzene rings is 1. The molecular formula is C17H25N3S. The van der Waals surface area contributed by atoms with Crippen molar-refractivity contribution in [3.63, 3.8) is 0 Å². The molecule has 2 rings (SSSR count). The molecule has 0 aliphatic rings. The summed E-state index contributed by atoms with van der Waals surface area (Å²) in [5.41, 5.74) is 2.67. The van der Waals surface area contributed by atoms with Gasteiger partial charge in [-0.15, -0.1) is 10.2 Å².